The molecule has 0 radical (unpaired) electrons. The lowest BCUT2D eigenvalue weighted by atomic mass is 9.81. The highest BCUT2D eigenvalue weighted by molar-refractivity contribution is 5.75. The second-order valence-corrected chi connectivity index (χ2v) is 7.95. The lowest BCUT2D eigenvalue weighted by molar-refractivity contribution is 0.160. The van der Waals surface area contributed by atoms with Gasteiger partial charge >= 0.3 is 6.03 Å². The maximum absolute atomic E-state index is 12.4. The Morgan fingerprint density at radius 2 is 1.91 bits per heavy atom. The first-order valence-corrected chi connectivity index (χ1v) is 9.28. The number of urea groups is 1. The monoisotopic (exact) mass is 312 g/mol. The minimum Gasteiger partial charge on any atom is -0.335 e. The largest absolute Gasteiger partial charge is 0.335 e. The molecule has 1 N–H and O–H groups in total. The van der Waals surface area contributed by atoms with E-state index in [1.807, 2.05) is 4.90 Å². The second-order valence-electron chi connectivity index (χ2n) is 7.95. The molecular formula is C20H28N2O. The van der Waals surface area contributed by atoms with Crippen molar-refractivity contribution in [3.05, 3.63) is 35.9 Å². The maximum atomic E-state index is 12.4. The molecule has 1 heterocycles. The van der Waals surface area contributed by atoms with Crippen LogP contribution in [0.1, 0.15) is 56.9 Å². The Balaban J connectivity index is 1.26. The Hall–Kier alpha value is -1.51. The van der Waals surface area contributed by atoms with Crippen molar-refractivity contribution in [2.45, 2.75) is 57.4 Å². The van der Waals surface area contributed by atoms with E-state index in [2.05, 4.69) is 42.6 Å². The Bertz CT molecular complexity index is 558. The molecule has 3 nitrogen and oxygen atoms in total. The topological polar surface area (TPSA) is 32.3 Å². The van der Waals surface area contributed by atoms with Crippen LogP contribution in [0.4, 0.5) is 4.79 Å². The fourth-order valence-corrected chi connectivity index (χ4v) is 4.61. The SMILES string of the molecule is CC(c1ccccc1)C1CCN(C(=O)NC2CC23CCC3)CC1. The predicted octanol–water partition coefficient (Wildman–Crippen LogP) is 4.15. The molecule has 4 rings (SSSR count). The first-order chi connectivity index (χ1) is 11.2. The average Bonchev–Trinajstić information content (AvgIpc) is 3.30. The third kappa shape index (κ3) is 2.86. The van der Waals surface area contributed by atoms with E-state index >= 15 is 0 Å². The summed E-state index contributed by atoms with van der Waals surface area (Å²) in [5.41, 5.74) is 1.95. The van der Waals surface area contributed by atoms with E-state index in [1.54, 1.807) is 0 Å². The van der Waals surface area contributed by atoms with Crippen LogP contribution in [-0.4, -0.2) is 30.1 Å². The third-order valence-electron chi connectivity index (χ3n) is 6.70. The molecule has 1 aromatic carbocycles. The molecule has 1 spiro atoms. The van der Waals surface area contributed by atoms with Crippen molar-refractivity contribution in [2.24, 2.45) is 11.3 Å². The van der Waals surface area contributed by atoms with Gasteiger partial charge in [0.15, 0.2) is 0 Å². The fraction of sp³-hybridized carbons (Fsp3) is 0.650. The number of piperidine rings is 1. The zero-order valence-electron chi connectivity index (χ0n) is 14.1. The van der Waals surface area contributed by atoms with E-state index in [0.29, 0.717) is 23.3 Å². The maximum Gasteiger partial charge on any atom is 0.317 e. The van der Waals surface area contributed by atoms with Gasteiger partial charge in [0.05, 0.1) is 0 Å². The summed E-state index contributed by atoms with van der Waals surface area (Å²) in [6.07, 6.45) is 7.48. The summed E-state index contributed by atoms with van der Waals surface area (Å²) < 4.78 is 0. The fourth-order valence-electron chi connectivity index (χ4n) is 4.61. The molecule has 3 heteroatoms. The molecule has 2 aliphatic carbocycles. The molecule has 124 valence electrons. The standard InChI is InChI=1S/C20H28N2O/c1-15(16-6-3-2-4-7-16)17-8-12-22(13-9-17)19(23)21-18-14-20(18)10-5-11-20/h2-4,6-7,15,17-18H,5,8-14H2,1H3,(H,21,23). The highest BCUT2D eigenvalue weighted by Gasteiger charge is 2.58. The summed E-state index contributed by atoms with van der Waals surface area (Å²) >= 11 is 0. The second kappa shape index (κ2) is 5.85. The number of hydrogen-bond acceptors (Lipinski definition) is 1. The van der Waals surface area contributed by atoms with Crippen molar-refractivity contribution in [1.82, 2.24) is 10.2 Å². The van der Waals surface area contributed by atoms with Gasteiger partial charge in [-0.1, -0.05) is 43.7 Å². The van der Waals surface area contributed by atoms with Gasteiger partial charge < -0.3 is 10.2 Å². The lowest BCUT2D eigenvalue weighted by Gasteiger charge is -2.35. The molecule has 2 amide bonds. The van der Waals surface area contributed by atoms with Crippen molar-refractivity contribution >= 4 is 6.03 Å². The van der Waals surface area contributed by atoms with Crippen LogP contribution in [0.25, 0.3) is 0 Å². The van der Waals surface area contributed by atoms with Gasteiger partial charge in [0.2, 0.25) is 0 Å². The van der Waals surface area contributed by atoms with Crippen molar-refractivity contribution in [2.75, 3.05) is 13.1 Å². The Morgan fingerprint density at radius 3 is 2.48 bits per heavy atom. The molecule has 1 aliphatic heterocycles. The molecule has 23 heavy (non-hydrogen) atoms. The van der Waals surface area contributed by atoms with E-state index in [1.165, 1.54) is 31.2 Å². The first-order valence-electron chi connectivity index (χ1n) is 9.28. The minimum absolute atomic E-state index is 0.185. The van der Waals surface area contributed by atoms with Gasteiger partial charge in [-0.05, 0) is 54.9 Å². The number of nitrogens with one attached hydrogen (secondary N) is 1. The molecule has 0 aromatic heterocycles. The van der Waals surface area contributed by atoms with Gasteiger partial charge in [0.1, 0.15) is 0 Å². The Morgan fingerprint density at radius 1 is 1.22 bits per heavy atom. The summed E-state index contributed by atoms with van der Waals surface area (Å²) in [5.74, 6) is 1.28. The van der Waals surface area contributed by atoms with Crippen molar-refractivity contribution in [3.8, 4) is 0 Å². The Labute approximate surface area is 139 Å². The molecule has 3 aliphatic rings. The molecule has 3 fully saturated rings. The summed E-state index contributed by atoms with van der Waals surface area (Å²) in [5, 5.41) is 3.28. The average molecular weight is 312 g/mol. The van der Waals surface area contributed by atoms with Gasteiger partial charge in [-0.25, -0.2) is 4.79 Å². The van der Waals surface area contributed by atoms with Crippen molar-refractivity contribution in [3.63, 3.8) is 0 Å². The molecule has 2 atom stereocenters. The predicted molar refractivity (Wildman–Crippen MR) is 92.4 cm³/mol. The number of benzene rings is 1. The number of rotatable bonds is 3. The molecule has 2 unspecified atom stereocenters. The summed E-state index contributed by atoms with van der Waals surface area (Å²) in [6, 6.07) is 11.5. The van der Waals surface area contributed by atoms with E-state index < -0.39 is 0 Å². The summed E-state index contributed by atoms with van der Waals surface area (Å²) in [7, 11) is 0. The van der Waals surface area contributed by atoms with Crippen LogP contribution in [0, 0.1) is 11.3 Å². The van der Waals surface area contributed by atoms with Gasteiger partial charge in [-0.3, -0.25) is 0 Å². The highest BCUT2D eigenvalue weighted by atomic mass is 16.2. The van der Waals surface area contributed by atoms with Gasteiger partial charge in [0.25, 0.3) is 0 Å². The highest BCUT2D eigenvalue weighted by Crippen LogP contribution is 2.60. The number of likely N-dealkylation sites (tertiary alicyclic amines) is 1. The molecular weight excluding hydrogens is 284 g/mol. The van der Waals surface area contributed by atoms with Gasteiger partial charge in [-0.2, -0.15) is 0 Å². The first kappa shape index (κ1) is 15.0. The van der Waals surface area contributed by atoms with Gasteiger partial charge in [0, 0.05) is 19.1 Å². The number of nitrogens with zero attached hydrogens (tertiary/aromatic N) is 1. The van der Waals surface area contributed by atoms with E-state index in [0.717, 1.165) is 25.9 Å². The van der Waals surface area contributed by atoms with Crippen molar-refractivity contribution in [1.29, 1.82) is 0 Å². The van der Waals surface area contributed by atoms with Crippen LogP contribution in [0.15, 0.2) is 30.3 Å². The minimum atomic E-state index is 0.185. The van der Waals surface area contributed by atoms with Crippen LogP contribution in [-0.2, 0) is 0 Å². The number of carbonyl (C=O) groups excluding carboxylic acids is 1. The zero-order valence-corrected chi connectivity index (χ0v) is 14.1. The smallest absolute Gasteiger partial charge is 0.317 e. The molecule has 0 bridgehead atoms. The quantitative estimate of drug-likeness (QED) is 0.893. The van der Waals surface area contributed by atoms with Crippen LogP contribution in [0.5, 0.6) is 0 Å². The number of amides is 2. The number of carbonyl (C=O) groups is 1. The zero-order chi connectivity index (χ0) is 15.9. The van der Waals surface area contributed by atoms with Gasteiger partial charge in [-0.15, -0.1) is 0 Å². The summed E-state index contributed by atoms with van der Waals surface area (Å²) in [6.45, 7) is 4.15. The van der Waals surface area contributed by atoms with E-state index in [9.17, 15) is 4.79 Å². The Kier molecular flexibility index (Phi) is 3.82. The summed E-state index contributed by atoms with van der Waals surface area (Å²) in [4.78, 5) is 14.5. The van der Waals surface area contributed by atoms with Crippen molar-refractivity contribution < 1.29 is 4.79 Å². The third-order valence-corrected chi connectivity index (χ3v) is 6.70. The lowest BCUT2D eigenvalue weighted by Crippen LogP contribution is -2.46. The van der Waals surface area contributed by atoms with Crippen LogP contribution < -0.4 is 5.32 Å². The molecule has 2 saturated carbocycles. The molecule has 1 saturated heterocycles. The van der Waals surface area contributed by atoms with Crippen LogP contribution in [0.2, 0.25) is 0 Å². The molecule has 1 aromatic rings. The van der Waals surface area contributed by atoms with E-state index in [-0.39, 0.29) is 6.03 Å². The van der Waals surface area contributed by atoms with Crippen LogP contribution in [0.3, 0.4) is 0 Å². The van der Waals surface area contributed by atoms with E-state index in [4.69, 9.17) is 0 Å². The normalized spacial score (nSPS) is 27.3. The van der Waals surface area contributed by atoms with Crippen LogP contribution >= 0.6 is 0 Å². The number of hydrogen-bond donors (Lipinski definition) is 1.